The maximum absolute atomic E-state index is 10.0. The largest absolute Gasteiger partial charge is 0.392 e. The van der Waals surface area contributed by atoms with Crippen molar-refractivity contribution < 1.29 is 9.84 Å². The number of ether oxygens (including phenoxy) is 1. The quantitative estimate of drug-likeness (QED) is 0.838. The zero-order chi connectivity index (χ0) is 12.5. The highest BCUT2D eigenvalue weighted by Crippen LogP contribution is 2.50. The first kappa shape index (κ1) is 13.3. The summed E-state index contributed by atoms with van der Waals surface area (Å²) in [4.78, 5) is 2.30. The third-order valence-electron chi connectivity index (χ3n) is 4.29. The first-order valence-corrected chi connectivity index (χ1v) is 6.81. The minimum atomic E-state index is -0.180. The molecule has 0 radical (unpaired) electrons. The van der Waals surface area contributed by atoms with E-state index in [9.17, 15) is 5.11 Å². The van der Waals surface area contributed by atoms with Crippen LogP contribution in [0.25, 0.3) is 0 Å². The average Bonchev–Trinajstić information content (AvgIpc) is 2.29. The van der Waals surface area contributed by atoms with Gasteiger partial charge in [-0.2, -0.15) is 0 Å². The fourth-order valence-corrected chi connectivity index (χ4v) is 3.36. The van der Waals surface area contributed by atoms with Gasteiger partial charge in [-0.3, -0.25) is 4.90 Å². The summed E-state index contributed by atoms with van der Waals surface area (Å²) in [6.07, 6.45) is 2.88. The molecule has 1 aliphatic carbocycles. The first-order valence-electron chi connectivity index (χ1n) is 6.44. The molecule has 4 heteroatoms. The molecule has 1 heterocycles. The third-order valence-corrected chi connectivity index (χ3v) is 4.41. The Morgan fingerprint density at radius 2 is 2.18 bits per heavy atom. The van der Waals surface area contributed by atoms with E-state index >= 15 is 0 Å². The molecule has 1 saturated heterocycles. The van der Waals surface area contributed by atoms with Gasteiger partial charge in [0.15, 0.2) is 0 Å². The molecular formula is C13H22ClNO2. The summed E-state index contributed by atoms with van der Waals surface area (Å²) in [5.41, 5.74) is 0.0140. The van der Waals surface area contributed by atoms with E-state index in [2.05, 4.69) is 11.5 Å². The smallest absolute Gasteiger partial charge is 0.0681 e. The van der Waals surface area contributed by atoms with E-state index in [0.717, 1.165) is 45.5 Å². The van der Waals surface area contributed by atoms with Crippen molar-refractivity contribution in [3.05, 3.63) is 11.6 Å². The molecule has 1 N–H and O–H groups in total. The highest BCUT2D eigenvalue weighted by molar-refractivity contribution is 6.29. The van der Waals surface area contributed by atoms with Gasteiger partial charge in [-0.15, -0.1) is 0 Å². The molecule has 3 nitrogen and oxygen atoms in total. The van der Waals surface area contributed by atoms with Crippen LogP contribution >= 0.6 is 11.6 Å². The summed E-state index contributed by atoms with van der Waals surface area (Å²) in [5.74, 6) is 0. The molecule has 0 unspecified atom stereocenters. The Hall–Kier alpha value is -0.0900. The van der Waals surface area contributed by atoms with Crippen LogP contribution in [-0.2, 0) is 4.74 Å². The van der Waals surface area contributed by atoms with Crippen molar-refractivity contribution >= 4 is 11.6 Å². The number of nitrogens with zero attached hydrogens (tertiary/aromatic N) is 1. The average molecular weight is 260 g/mol. The summed E-state index contributed by atoms with van der Waals surface area (Å²) in [6.45, 7) is 9.20. The van der Waals surface area contributed by atoms with Crippen LogP contribution in [0.5, 0.6) is 0 Å². The molecule has 1 saturated carbocycles. The van der Waals surface area contributed by atoms with Crippen LogP contribution in [0, 0.1) is 5.41 Å². The van der Waals surface area contributed by atoms with Crippen molar-refractivity contribution in [1.29, 1.82) is 0 Å². The molecule has 0 amide bonds. The molecule has 0 aromatic rings. The monoisotopic (exact) mass is 259 g/mol. The summed E-state index contributed by atoms with van der Waals surface area (Å²) in [6, 6.07) is 0. The van der Waals surface area contributed by atoms with Crippen molar-refractivity contribution in [3.8, 4) is 0 Å². The van der Waals surface area contributed by atoms with Crippen molar-refractivity contribution in [2.45, 2.75) is 38.4 Å². The van der Waals surface area contributed by atoms with Gasteiger partial charge < -0.3 is 9.84 Å². The lowest BCUT2D eigenvalue weighted by molar-refractivity contribution is -0.209. The molecule has 2 fully saturated rings. The van der Waals surface area contributed by atoms with Crippen LogP contribution in [0.15, 0.2) is 11.6 Å². The third kappa shape index (κ3) is 2.53. The van der Waals surface area contributed by atoms with Gasteiger partial charge in [-0.05, 0) is 32.9 Å². The Kier molecular flexibility index (Phi) is 4.14. The molecule has 0 aromatic carbocycles. The number of piperidine rings is 1. The normalized spacial score (nSPS) is 32.4. The summed E-state index contributed by atoms with van der Waals surface area (Å²) < 4.78 is 5.74. The van der Waals surface area contributed by atoms with Crippen molar-refractivity contribution in [3.63, 3.8) is 0 Å². The Morgan fingerprint density at radius 1 is 1.53 bits per heavy atom. The van der Waals surface area contributed by atoms with E-state index in [1.807, 2.05) is 6.92 Å². The van der Waals surface area contributed by atoms with E-state index in [0.29, 0.717) is 5.03 Å². The predicted octanol–water partition coefficient (Wildman–Crippen LogP) is 1.99. The van der Waals surface area contributed by atoms with Gasteiger partial charge >= 0.3 is 0 Å². The van der Waals surface area contributed by atoms with Gasteiger partial charge in [0.1, 0.15) is 0 Å². The number of hydrogen-bond acceptors (Lipinski definition) is 3. The minimum absolute atomic E-state index is 0.0140. The highest BCUT2D eigenvalue weighted by atomic mass is 35.5. The molecule has 0 bridgehead atoms. The Morgan fingerprint density at radius 3 is 2.65 bits per heavy atom. The van der Waals surface area contributed by atoms with Crippen molar-refractivity contribution in [2.24, 2.45) is 5.41 Å². The van der Waals surface area contributed by atoms with E-state index in [1.165, 1.54) is 0 Å². The van der Waals surface area contributed by atoms with Crippen LogP contribution in [-0.4, -0.2) is 48.5 Å². The van der Waals surface area contributed by atoms with E-state index < -0.39 is 0 Å². The molecular weight excluding hydrogens is 238 g/mol. The SMILES string of the molecule is C=C(Cl)CN1CCC2(CC1)[C@H](O)C[C@H]2OCC. The second-order valence-electron chi connectivity index (χ2n) is 5.22. The van der Waals surface area contributed by atoms with Gasteiger partial charge in [0, 0.05) is 30.0 Å². The van der Waals surface area contributed by atoms with Crippen LogP contribution in [0.1, 0.15) is 26.2 Å². The second kappa shape index (κ2) is 5.27. The molecule has 2 aliphatic rings. The Labute approximate surface area is 108 Å². The Balaban J connectivity index is 1.90. The van der Waals surface area contributed by atoms with Crippen molar-refractivity contribution in [2.75, 3.05) is 26.2 Å². The molecule has 1 aliphatic heterocycles. The first-order chi connectivity index (χ1) is 8.08. The lowest BCUT2D eigenvalue weighted by Crippen LogP contribution is -2.62. The zero-order valence-electron chi connectivity index (χ0n) is 10.5. The fourth-order valence-electron chi connectivity index (χ4n) is 3.19. The second-order valence-corrected chi connectivity index (χ2v) is 5.76. The standard InChI is InChI=1S/C13H22ClNO2/c1-3-17-12-8-11(16)13(12)4-6-15(7-5-13)9-10(2)14/h11-12,16H,2-9H2,1H3/t11-,12-/m1/s1. The molecule has 2 rings (SSSR count). The number of rotatable bonds is 4. The fraction of sp³-hybridized carbons (Fsp3) is 0.846. The van der Waals surface area contributed by atoms with Crippen LogP contribution < -0.4 is 0 Å². The molecule has 17 heavy (non-hydrogen) atoms. The molecule has 2 atom stereocenters. The van der Waals surface area contributed by atoms with Gasteiger partial charge in [-0.25, -0.2) is 0 Å². The van der Waals surface area contributed by atoms with Crippen LogP contribution in [0.2, 0.25) is 0 Å². The lowest BCUT2D eigenvalue weighted by atomic mass is 9.58. The number of aliphatic hydroxyl groups excluding tert-OH is 1. The summed E-state index contributed by atoms with van der Waals surface area (Å²) in [7, 11) is 0. The lowest BCUT2D eigenvalue weighted by Gasteiger charge is -2.56. The van der Waals surface area contributed by atoms with E-state index in [4.69, 9.17) is 16.3 Å². The summed E-state index contributed by atoms with van der Waals surface area (Å²) in [5, 5.41) is 10.7. The number of hydrogen-bond donors (Lipinski definition) is 1. The summed E-state index contributed by atoms with van der Waals surface area (Å²) >= 11 is 5.83. The van der Waals surface area contributed by atoms with Crippen LogP contribution in [0.3, 0.4) is 0 Å². The predicted molar refractivity (Wildman–Crippen MR) is 69.1 cm³/mol. The maximum Gasteiger partial charge on any atom is 0.0681 e. The molecule has 98 valence electrons. The zero-order valence-corrected chi connectivity index (χ0v) is 11.2. The molecule has 1 spiro atoms. The van der Waals surface area contributed by atoms with Gasteiger partial charge in [0.2, 0.25) is 0 Å². The van der Waals surface area contributed by atoms with Crippen LogP contribution in [0.4, 0.5) is 0 Å². The number of aliphatic hydroxyl groups is 1. The van der Waals surface area contributed by atoms with Crippen molar-refractivity contribution in [1.82, 2.24) is 4.90 Å². The number of likely N-dealkylation sites (tertiary alicyclic amines) is 1. The van der Waals surface area contributed by atoms with Gasteiger partial charge in [0.25, 0.3) is 0 Å². The highest BCUT2D eigenvalue weighted by Gasteiger charge is 2.55. The maximum atomic E-state index is 10.0. The van der Waals surface area contributed by atoms with E-state index in [-0.39, 0.29) is 17.6 Å². The minimum Gasteiger partial charge on any atom is -0.392 e. The molecule has 0 aromatic heterocycles. The van der Waals surface area contributed by atoms with Gasteiger partial charge in [0.05, 0.1) is 12.2 Å². The Bertz CT molecular complexity index is 285. The van der Waals surface area contributed by atoms with Gasteiger partial charge in [-0.1, -0.05) is 18.2 Å². The topological polar surface area (TPSA) is 32.7 Å². The van der Waals surface area contributed by atoms with E-state index in [1.54, 1.807) is 0 Å². The number of halogens is 1.